The van der Waals surface area contributed by atoms with Crippen molar-refractivity contribution in [2.24, 2.45) is 17.8 Å². The van der Waals surface area contributed by atoms with Crippen molar-refractivity contribution in [1.29, 1.82) is 0 Å². The van der Waals surface area contributed by atoms with E-state index in [1.54, 1.807) is 0 Å². The zero-order chi connectivity index (χ0) is 21.7. The van der Waals surface area contributed by atoms with Gasteiger partial charge in [-0.1, -0.05) is 60.7 Å². The molecular formula is C29H30N2O. The highest BCUT2D eigenvalue weighted by Crippen LogP contribution is 2.63. The van der Waals surface area contributed by atoms with Gasteiger partial charge in [0.25, 0.3) is 5.91 Å². The Morgan fingerprint density at radius 3 is 2.44 bits per heavy atom. The van der Waals surface area contributed by atoms with Crippen LogP contribution in [0, 0.1) is 17.8 Å². The number of anilines is 1. The number of benzene rings is 3. The van der Waals surface area contributed by atoms with Crippen LogP contribution < -0.4 is 10.6 Å². The van der Waals surface area contributed by atoms with Gasteiger partial charge in [-0.3, -0.25) is 4.79 Å². The van der Waals surface area contributed by atoms with Crippen LogP contribution in [0.5, 0.6) is 0 Å². The summed E-state index contributed by atoms with van der Waals surface area (Å²) in [6.45, 7) is 2.05. The topological polar surface area (TPSA) is 41.1 Å². The summed E-state index contributed by atoms with van der Waals surface area (Å²) in [4.78, 5) is 13.1. The fourth-order valence-electron chi connectivity index (χ4n) is 6.72. The molecule has 6 rings (SSSR count). The van der Waals surface area contributed by atoms with Crippen molar-refractivity contribution in [1.82, 2.24) is 5.32 Å². The van der Waals surface area contributed by atoms with Gasteiger partial charge in [-0.2, -0.15) is 0 Å². The zero-order valence-corrected chi connectivity index (χ0v) is 18.5. The molecule has 3 aliphatic rings. The van der Waals surface area contributed by atoms with Crippen molar-refractivity contribution in [2.75, 3.05) is 5.32 Å². The maximum atomic E-state index is 13.1. The summed E-state index contributed by atoms with van der Waals surface area (Å²) in [7, 11) is 0. The molecule has 2 bridgehead atoms. The van der Waals surface area contributed by atoms with Crippen LogP contribution in [-0.2, 0) is 0 Å². The van der Waals surface area contributed by atoms with Crippen molar-refractivity contribution in [2.45, 2.75) is 44.2 Å². The second-order valence-corrected chi connectivity index (χ2v) is 9.88. The van der Waals surface area contributed by atoms with E-state index in [-0.39, 0.29) is 11.9 Å². The van der Waals surface area contributed by atoms with E-state index < -0.39 is 0 Å². The summed E-state index contributed by atoms with van der Waals surface area (Å²) in [5.74, 6) is 2.71. The lowest BCUT2D eigenvalue weighted by Gasteiger charge is -2.43. The first kappa shape index (κ1) is 19.6. The standard InChI is InChI=1S/C29H30N2O/c1-18(19-8-4-2-5-9-19)30-29(32)23-14-15-25-24(17-23)26-21-12-13-22(16-21)27(26)28(31-25)20-10-6-3-7-11-20/h2-11,14-15,17-18,21-22,26-28,31H,12-13,16H2,1H3,(H,30,32)/t18-,21-,22-,26-,27-,28+/m0/s1. The van der Waals surface area contributed by atoms with Crippen molar-refractivity contribution in [3.63, 3.8) is 0 Å². The molecule has 3 aromatic rings. The van der Waals surface area contributed by atoms with Gasteiger partial charge >= 0.3 is 0 Å². The Morgan fingerprint density at radius 1 is 0.938 bits per heavy atom. The average Bonchev–Trinajstić information content (AvgIpc) is 3.47. The molecule has 2 N–H and O–H groups in total. The van der Waals surface area contributed by atoms with Crippen molar-refractivity contribution >= 4 is 11.6 Å². The second kappa shape index (κ2) is 7.81. The maximum absolute atomic E-state index is 13.1. The van der Waals surface area contributed by atoms with Crippen LogP contribution in [0.25, 0.3) is 0 Å². The quantitative estimate of drug-likeness (QED) is 0.506. The summed E-state index contributed by atoms with van der Waals surface area (Å²) in [5.41, 5.74) is 5.85. The molecule has 2 fully saturated rings. The SMILES string of the molecule is C[C@H](NC(=O)c1ccc2c(c1)[C@@H]1[C@H]3CC[C@@H](C3)[C@@H]1[C@@H](c1ccccc1)N2)c1ccccc1. The van der Waals surface area contributed by atoms with Gasteiger partial charge in [-0.25, -0.2) is 0 Å². The van der Waals surface area contributed by atoms with Crippen LogP contribution in [0.3, 0.4) is 0 Å². The van der Waals surface area contributed by atoms with Gasteiger partial charge in [0, 0.05) is 11.3 Å². The molecule has 32 heavy (non-hydrogen) atoms. The van der Waals surface area contributed by atoms with Crippen LogP contribution in [0.1, 0.15) is 71.2 Å². The summed E-state index contributed by atoms with van der Waals surface area (Å²) in [5, 5.41) is 7.06. The zero-order valence-electron chi connectivity index (χ0n) is 18.5. The third-order valence-electron chi connectivity index (χ3n) is 8.16. The highest BCUT2D eigenvalue weighted by Gasteiger charge is 2.53. The molecule has 3 aromatic carbocycles. The Bertz CT molecular complexity index is 1130. The van der Waals surface area contributed by atoms with E-state index in [1.165, 1.54) is 36.1 Å². The lowest BCUT2D eigenvalue weighted by atomic mass is 9.68. The second-order valence-electron chi connectivity index (χ2n) is 9.88. The largest absolute Gasteiger partial charge is 0.378 e. The highest BCUT2D eigenvalue weighted by molar-refractivity contribution is 5.95. The molecule has 6 atom stereocenters. The van der Waals surface area contributed by atoms with Gasteiger partial charge < -0.3 is 10.6 Å². The predicted molar refractivity (Wildman–Crippen MR) is 129 cm³/mol. The number of carbonyl (C=O) groups excluding carboxylic acids is 1. The minimum atomic E-state index is -0.0180. The fourth-order valence-corrected chi connectivity index (χ4v) is 6.72. The lowest BCUT2D eigenvalue weighted by Crippen LogP contribution is -2.36. The first-order valence-electron chi connectivity index (χ1n) is 12.0. The first-order valence-corrected chi connectivity index (χ1v) is 12.0. The maximum Gasteiger partial charge on any atom is 0.251 e. The van der Waals surface area contributed by atoms with Crippen LogP contribution in [0.15, 0.2) is 78.9 Å². The summed E-state index contributed by atoms with van der Waals surface area (Å²) in [6, 6.07) is 27.7. The molecule has 3 nitrogen and oxygen atoms in total. The van der Waals surface area contributed by atoms with Gasteiger partial charge in [0.15, 0.2) is 0 Å². The van der Waals surface area contributed by atoms with Crippen LogP contribution in [-0.4, -0.2) is 5.91 Å². The number of carbonyl (C=O) groups is 1. The molecule has 2 aliphatic carbocycles. The molecule has 0 radical (unpaired) electrons. The van der Waals surface area contributed by atoms with Gasteiger partial charge in [0.05, 0.1) is 12.1 Å². The van der Waals surface area contributed by atoms with E-state index in [9.17, 15) is 4.79 Å². The molecule has 0 spiro atoms. The molecule has 0 unspecified atom stereocenters. The molecule has 1 aliphatic heterocycles. The monoisotopic (exact) mass is 422 g/mol. The number of rotatable bonds is 4. The van der Waals surface area contributed by atoms with Crippen molar-refractivity contribution in [3.8, 4) is 0 Å². The molecular weight excluding hydrogens is 392 g/mol. The summed E-state index contributed by atoms with van der Waals surface area (Å²) >= 11 is 0. The van der Waals surface area contributed by atoms with E-state index in [0.717, 1.165) is 23.0 Å². The number of amides is 1. The molecule has 1 amide bonds. The third-order valence-corrected chi connectivity index (χ3v) is 8.16. The van der Waals surface area contributed by atoms with E-state index in [2.05, 4.69) is 65.2 Å². The first-order chi connectivity index (χ1) is 15.7. The Balaban J connectivity index is 1.31. The van der Waals surface area contributed by atoms with E-state index in [4.69, 9.17) is 0 Å². The minimum absolute atomic E-state index is 0.00837. The summed E-state index contributed by atoms with van der Waals surface area (Å²) in [6.07, 6.45) is 4.01. The number of hydrogen-bond acceptors (Lipinski definition) is 2. The Labute approximate surface area is 190 Å². The average molecular weight is 423 g/mol. The molecule has 2 saturated carbocycles. The van der Waals surface area contributed by atoms with Gasteiger partial charge in [0.1, 0.15) is 0 Å². The number of fused-ring (bicyclic) bond motifs is 7. The van der Waals surface area contributed by atoms with Crippen molar-refractivity contribution in [3.05, 3.63) is 101 Å². The molecule has 162 valence electrons. The molecule has 3 heteroatoms. The third kappa shape index (κ3) is 3.23. The predicted octanol–water partition coefficient (Wildman–Crippen LogP) is 6.47. The van der Waals surface area contributed by atoms with Crippen LogP contribution >= 0.6 is 0 Å². The van der Waals surface area contributed by atoms with Gasteiger partial charge in [-0.05, 0) is 84.7 Å². The van der Waals surface area contributed by atoms with Crippen LogP contribution in [0.4, 0.5) is 5.69 Å². The summed E-state index contributed by atoms with van der Waals surface area (Å²) < 4.78 is 0. The normalized spacial score (nSPS) is 28.3. The molecule has 0 aromatic heterocycles. The minimum Gasteiger partial charge on any atom is -0.378 e. The number of hydrogen-bond donors (Lipinski definition) is 2. The van der Waals surface area contributed by atoms with E-state index in [1.807, 2.05) is 31.2 Å². The van der Waals surface area contributed by atoms with E-state index in [0.29, 0.717) is 17.9 Å². The van der Waals surface area contributed by atoms with Crippen molar-refractivity contribution < 1.29 is 4.79 Å². The lowest BCUT2D eigenvalue weighted by molar-refractivity contribution is 0.0939. The Hall–Kier alpha value is -3.07. The fraction of sp³-hybridized carbons (Fsp3) is 0.345. The van der Waals surface area contributed by atoms with Gasteiger partial charge in [0.2, 0.25) is 0 Å². The molecule has 0 saturated heterocycles. The highest BCUT2D eigenvalue weighted by atomic mass is 16.1. The number of nitrogens with one attached hydrogen (secondary N) is 2. The smallest absolute Gasteiger partial charge is 0.251 e. The molecule has 1 heterocycles. The van der Waals surface area contributed by atoms with E-state index >= 15 is 0 Å². The van der Waals surface area contributed by atoms with Gasteiger partial charge in [-0.15, -0.1) is 0 Å². The van der Waals surface area contributed by atoms with Crippen LogP contribution in [0.2, 0.25) is 0 Å². The Morgan fingerprint density at radius 2 is 1.66 bits per heavy atom. The Kier molecular flexibility index (Phi) is 4.78.